The van der Waals surface area contributed by atoms with Gasteiger partial charge in [0.15, 0.2) is 0 Å². The van der Waals surface area contributed by atoms with Gasteiger partial charge in [0.05, 0.1) is 0 Å². The summed E-state index contributed by atoms with van der Waals surface area (Å²) in [5, 5.41) is 0. The number of allylic oxidation sites excluding steroid dienone is 8. The molecule has 2 aliphatic rings. The molecule has 0 aromatic heterocycles. The molecule has 0 aromatic rings. The number of hydrogen-bond acceptors (Lipinski definition) is 0. The first-order valence-electron chi connectivity index (χ1n) is 3.68. The van der Waals surface area contributed by atoms with E-state index >= 15 is 0 Å². The number of hydrogen-bond donors (Lipinski definition) is 0. The van der Waals surface area contributed by atoms with Crippen LogP contribution in [0.2, 0.25) is 0 Å². The van der Waals surface area contributed by atoms with Gasteiger partial charge in [0.2, 0.25) is 0 Å². The Morgan fingerprint density at radius 1 is 0.818 bits per heavy atom. The average Bonchev–Trinajstić information content (AvgIpc) is 2.59. The molecule has 0 radical (unpaired) electrons. The first kappa shape index (κ1) is 8.65. The van der Waals surface area contributed by atoms with E-state index in [1.54, 1.807) is 0 Å². The van der Waals surface area contributed by atoms with Crippen molar-refractivity contribution in [1.82, 2.24) is 0 Å². The molecular weight excluding hydrogens is 127 g/mol. The molecule has 0 saturated heterocycles. The molecule has 0 nitrogen and oxygen atoms in total. The summed E-state index contributed by atoms with van der Waals surface area (Å²) in [5.74, 6) is 0. The quantitative estimate of drug-likeness (QED) is 0.438. The third-order valence-corrected chi connectivity index (χ3v) is 1.95. The molecule has 2 rings (SSSR count). The maximum absolute atomic E-state index is 2.21. The first-order chi connectivity index (χ1) is 4.97. The molecule has 0 bridgehead atoms. The molecule has 1 heteroatoms. The summed E-state index contributed by atoms with van der Waals surface area (Å²) in [6.45, 7) is 0. The van der Waals surface area contributed by atoms with Gasteiger partial charge in [-0.15, -0.1) is 0 Å². The van der Waals surface area contributed by atoms with Crippen molar-refractivity contribution >= 4 is 0 Å². The fraction of sp³-hybridized carbons (Fsp3) is 0.200. The van der Waals surface area contributed by atoms with Crippen LogP contribution in [0.4, 0.5) is 0 Å². The van der Waals surface area contributed by atoms with E-state index in [-0.39, 0.29) is 18.9 Å². The summed E-state index contributed by atoms with van der Waals surface area (Å²) < 4.78 is 0. The summed E-state index contributed by atoms with van der Waals surface area (Å²) in [5.41, 5.74) is 2.98. The Labute approximate surface area is 79.6 Å². The van der Waals surface area contributed by atoms with Crippen molar-refractivity contribution in [3.05, 3.63) is 47.6 Å². The minimum absolute atomic E-state index is 0. The minimum atomic E-state index is 0. The Kier molecular flexibility index (Phi) is 3.00. The van der Waals surface area contributed by atoms with Gasteiger partial charge in [-0.25, -0.2) is 0 Å². The second-order valence-electron chi connectivity index (χ2n) is 2.65. The minimum Gasteiger partial charge on any atom is -0.0801 e. The zero-order valence-corrected chi connectivity index (χ0v) is 6.88. The molecule has 2 aliphatic carbocycles. The largest absolute Gasteiger partial charge is 1.00 e. The first-order valence-corrected chi connectivity index (χ1v) is 3.68. The molecular formula is C10H10Li+. The maximum atomic E-state index is 2.21. The molecule has 0 amide bonds. The summed E-state index contributed by atoms with van der Waals surface area (Å²) in [6, 6.07) is 0. The van der Waals surface area contributed by atoms with Crippen LogP contribution >= 0.6 is 0 Å². The van der Waals surface area contributed by atoms with Crippen molar-refractivity contribution in [3.63, 3.8) is 0 Å². The molecule has 0 spiro atoms. The molecule has 0 fully saturated rings. The average molecular weight is 137 g/mol. The molecule has 0 saturated carbocycles. The summed E-state index contributed by atoms with van der Waals surface area (Å²) in [6.07, 6.45) is 15.4. The van der Waals surface area contributed by atoms with E-state index in [0.717, 1.165) is 12.8 Å². The van der Waals surface area contributed by atoms with E-state index in [0.29, 0.717) is 0 Å². The Balaban J connectivity index is 0.000000605. The van der Waals surface area contributed by atoms with Crippen LogP contribution in [0.3, 0.4) is 0 Å². The van der Waals surface area contributed by atoms with Gasteiger partial charge >= 0.3 is 18.9 Å². The van der Waals surface area contributed by atoms with Crippen LogP contribution in [-0.2, 0) is 0 Å². The van der Waals surface area contributed by atoms with Crippen molar-refractivity contribution < 1.29 is 18.9 Å². The third-order valence-electron chi connectivity index (χ3n) is 1.95. The van der Waals surface area contributed by atoms with Gasteiger partial charge in [0, 0.05) is 0 Å². The van der Waals surface area contributed by atoms with Gasteiger partial charge in [-0.05, 0) is 24.0 Å². The van der Waals surface area contributed by atoms with E-state index in [1.165, 1.54) is 11.1 Å². The van der Waals surface area contributed by atoms with Crippen molar-refractivity contribution in [2.24, 2.45) is 0 Å². The molecule has 0 unspecified atom stereocenters. The Bertz CT molecular complexity index is 226. The normalized spacial score (nSPS) is 19.6. The van der Waals surface area contributed by atoms with Gasteiger partial charge in [-0.2, -0.15) is 0 Å². The monoisotopic (exact) mass is 137 g/mol. The fourth-order valence-corrected chi connectivity index (χ4v) is 1.37. The van der Waals surface area contributed by atoms with Gasteiger partial charge in [0.1, 0.15) is 0 Å². The second-order valence-corrected chi connectivity index (χ2v) is 2.65. The van der Waals surface area contributed by atoms with E-state index in [4.69, 9.17) is 0 Å². The SMILES string of the molecule is C1=CCC(C2=CC=CC2)=C1.[Li+]. The van der Waals surface area contributed by atoms with Crippen LogP contribution in [0.25, 0.3) is 0 Å². The predicted molar refractivity (Wildman–Crippen MR) is 43.7 cm³/mol. The third kappa shape index (κ3) is 1.77. The molecule has 0 aliphatic heterocycles. The maximum Gasteiger partial charge on any atom is 1.00 e. The van der Waals surface area contributed by atoms with Crippen LogP contribution in [-0.4, -0.2) is 0 Å². The van der Waals surface area contributed by atoms with Crippen molar-refractivity contribution in [2.45, 2.75) is 12.8 Å². The van der Waals surface area contributed by atoms with E-state index in [9.17, 15) is 0 Å². The number of rotatable bonds is 1. The zero-order chi connectivity index (χ0) is 6.81. The van der Waals surface area contributed by atoms with Crippen molar-refractivity contribution in [3.8, 4) is 0 Å². The second kappa shape index (κ2) is 3.81. The van der Waals surface area contributed by atoms with Gasteiger partial charge in [0.25, 0.3) is 0 Å². The molecule has 0 aromatic carbocycles. The molecule has 0 N–H and O–H groups in total. The van der Waals surface area contributed by atoms with Gasteiger partial charge < -0.3 is 0 Å². The predicted octanol–water partition coefficient (Wildman–Crippen LogP) is -0.237. The van der Waals surface area contributed by atoms with Gasteiger partial charge in [-0.1, -0.05) is 36.5 Å². The van der Waals surface area contributed by atoms with Crippen LogP contribution < -0.4 is 18.9 Å². The molecule has 11 heavy (non-hydrogen) atoms. The standard InChI is InChI=1S/C10H10.Li/c1-2-6-9(5-1)10-7-3-4-8-10;/h1-5,7H,6,8H2;/q;+1. The smallest absolute Gasteiger partial charge is 0.0801 e. The Morgan fingerprint density at radius 2 is 1.27 bits per heavy atom. The zero-order valence-electron chi connectivity index (χ0n) is 6.88. The molecule has 0 atom stereocenters. The molecule has 0 heterocycles. The van der Waals surface area contributed by atoms with E-state index < -0.39 is 0 Å². The van der Waals surface area contributed by atoms with Crippen LogP contribution in [0.5, 0.6) is 0 Å². The molecule has 50 valence electrons. The summed E-state index contributed by atoms with van der Waals surface area (Å²) in [7, 11) is 0. The summed E-state index contributed by atoms with van der Waals surface area (Å²) >= 11 is 0. The van der Waals surface area contributed by atoms with E-state index in [2.05, 4.69) is 36.5 Å². The van der Waals surface area contributed by atoms with Crippen LogP contribution in [0.1, 0.15) is 12.8 Å². The topological polar surface area (TPSA) is 0 Å². The van der Waals surface area contributed by atoms with Crippen LogP contribution in [0.15, 0.2) is 47.6 Å². The Hall–Kier alpha value is -0.443. The fourth-order valence-electron chi connectivity index (χ4n) is 1.37. The van der Waals surface area contributed by atoms with Gasteiger partial charge in [-0.3, -0.25) is 0 Å². The Morgan fingerprint density at radius 3 is 1.55 bits per heavy atom. The van der Waals surface area contributed by atoms with E-state index in [1.807, 2.05) is 0 Å². The van der Waals surface area contributed by atoms with Crippen molar-refractivity contribution in [2.75, 3.05) is 0 Å². The van der Waals surface area contributed by atoms with Crippen LogP contribution in [0, 0.1) is 0 Å². The summed E-state index contributed by atoms with van der Waals surface area (Å²) in [4.78, 5) is 0. The van der Waals surface area contributed by atoms with Crippen molar-refractivity contribution in [1.29, 1.82) is 0 Å².